The van der Waals surface area contributed by atoms with E-state index in [9.17, 15) is 14.4 Å². The van der Waals surface area contributed by atoms with Crippen LogP contribution < -0.4 is 11.1 Å². The van der Waals surface area contributed by atoms with Gasteiger partial charge in [-0.15, -0.1) is 0 Å². The van der Waals surface area contributed by atoms with Crippen molar-refractivity contribution in [3.05, 3.63) is 35.9 Å². The number of benzene rings is 1. The summed E-state index contributed by atoms with van der Waals surface area (Å²) in [5.41, 5.74) is 6.70. The molecule has 0 spiro atoms. The standard InChI is InChI=1S/C25H38N4O4/c1-25(2,3)33-24(32)28-14-11-19(12-15-28)17-27-22(30)21-10-7-13-29(21)23(31)20(26)16-18-8-5-4-6-9-18/h4-6,8-9,19-21H,7,10-17,26H2,1-3H3,(H,27,30)/t20-,21+/m1/s1. The van der Waals surface area contributed by atoms with Gasteiger partial charge in [0.15, 0.2) is 0 Å². The molecule has 3 rings (SSSR count). The second-order valence-electron chi connectivity index (χ2n) is 10.1. The molecule has 8 nitrogen and oxygen atoms in total. The summed E-state index contributed by atoms with van der Waals surface area (Å²) < 4.78 is 5.44. The minimum Gasteiger partial charge on any atom is -0.444 e. The van der Waals surface area contributed by atoms with Gasteiger partial charge in [-0.1, -0.05) is 30.3 Å². The highest BCUT2D eigenvalue weighted by Gasteiger charge is 2.36. The molecule has 0 radical (unpaired) electrons. The van der Waals surface area contributed by atoms with Crippen molar-refractivity contribution in [1.82, 2.24) is 15.1 Å². The van der Waals surface area contributed by atoms with Gasteiger partial charge in [0.25, 0.3) is 0 Å². The summed E-state index contributed by atoms with van der Waals surface area (Å²) >= 11 is 0. The van der Waals surface area contributed by atoms with E-state index in [0.717, 1.165) is 24.8 Å². The maximum absolute atomic E-state index is 12.9. The van der Waals surface area contributed by atoms with Crippen LogP contribution in [-0.2, 0) is 20.7 Å². The van der Waals surface area contributed by atoms with E-state index in [-0.39, 0.29) is 17.9 Å². The number of carbonyl (C=O) groups excluding carboxylic acids is 3. The van der Waals surface area contributed by atoms with Crippen molar-refractivity contribution in [1.29, 1.82) is 0 Å². The van der Waals surface area contributed by atoms with Crippen molar-refractivity contribution in [2.45, 2.75) is 70.6 Å². The zero-order valence-corrected chi connectivity index (χ0v) is 20.1. The molecule has 2 atom stereocenters. The van der Waals surface area contributed by atoms with Crippen LogP contribution >= 0.6 is 0 Å². The van der Waals surface area contributed by atoms with E-state index >= 15 is 0 Å². The second kappa shape index (κ2) is 11.0. The SMILES string of the molecule is CC(C)(C)OC(=O)N1CCC(CNC(=O)[C@@H]2CCCN2C(=O)[C@H](N)Cc2ccccc2)CC1. The zero-order valence-electron chi connectivity index (χ0n) is 20.1. The molecule has 33 heavy (non-hydrogen) atoms. The van der Waals surface area contributed by atoms with Crippen LogP contribution in [0.3, 0.4) is 0 Å². The molecule has 2 aliphatic rings. The maximum Gasteiger partial charge on any atom is 0.410 e. The first-order chi connectivity index (χ1) is 15.6. The van der Waals surface area contributed by atoms with E-state index in [1.54, 1.807) is 9.80 Å². The molecule has 3 amide bonds. The molecule has 0 bridgehead atoms. The summed E-state index contributed by atoms with van der Waals surface area (Å²) in [6.45, 7) is 7.94. The van der Waals surface area contributed by atoms with Crippen molar-refractivity contribution in [2.24, 2.45) is 11.7 Å². The summed E-state index contributed by atoms with van der Waals surface area (Å²) in [5.74, 6) is 0.0306. The minimum absolute atomic E-state index is 0.109. The largest absolute Gasteiger partial charge is 0.444 e. The van der Waals surface area contributed by atoms with Gasteiger partial charge < -0.3 is 25.6 Å². The summed E-state index contributed by atoms with van der Waals surface area (Å²) in [5, 5.41) is 3.04. The van der Waals surface area contributed by atoms with Gasteiger partial charge in [-0.25, -0.2) is 4.79 Å². The molecular weight excluding hydrogens is 420 g/mol. The number of hydrogen-bond acceptors (Lipinski definition) is 5. The molecule has 1 aromatic carbocycles. The Balaban J connectivity index is 1.44. The summed E-state index contributed by atoms with van der Waals surface area (Å²) in [4.78, 5) is 41.4. The predicted molar refractivity (Wildman–Crippen MR) is 126 cm³/mol. The lowest BCUT2D eigenvalue weighted by molar-refractivity contribution is -0.139. The molecule has 3 N–H and O–H groups in total. The van der Waals surface area contributed by atoms with Crippen molar-refractivity contribution in [3.63, 3.8) is 0 Å². The van der Waals surface area contributed by atoms with E-state index in [1.807, 2.05) is 51.1 Å². The van der Waals surface area contributed by atoms with E-state index in [0.29, 0.717) is 44.9 Å². The zero-order chi connectivity index (χ0) is 24.0. The van der Waals surface area contributed by atoms with E-state index in [2.05, 4.69) is 5.32 Å². The van der Waals surface area contributed by atoms with Crippen LogP contribution in [0.15, 0.2) is 30.3 Å². The Morgan fingerprint density at radius 3 is 2.39 bits per heavy atom. The Kier molecular flexibility index (Phi) is 8.35. The van der Waals surface area contributed by atoms with E-state index in [4.69, 9.17) is 10.5 Å². The molecule has 0 saturated carbocycles. The molecule has 2 aliphatic heterocycles. The minimum atomic E-state index is -0.655. The number of ether oxygens (including phenoxy) is 1. The molecule has 0 aliphatic carbocycles. The quantitative estimate of drug-likeness (QED) is 0.681. The van der Waals surface area contributed by atoms with Crippen LogP contribution in [0.4, 0.5) is 4.79 Å². The highest BCUT2D eigenvalue weighted by Crippen LogP contribution is 2.21. The third-order valence-electron chi connectivity index (χ3n) is 6.29. The molecule has 8 heteroatoms. The van der Waals surface area contributed by atoms with Gasteiger partial charge >= 0.3 is 6.09 Å². The Hall–Kier alpha value is -2.61. The molecule has 2 fully saturated rings. The Labute approximate surface area is 196 Å². The number of likely N-dealkylation sites (tertiary alicyclic amines) is 2. The van der Waals surface area contributed by atoms with Crippen LogP contribution in [0.2, 0.25) is 0 Å². The Bertz CT molecular complexity index is 815. The number of amides is 3. The van der Waals surface area contributed by atoms with Crippen molar-refractivity contribution < 1.29 is 19.1 Å². The average molecular weight is 459 g/mol. The normalized spacial score (nSPS) is 20.4. The molecule has 1 aromatic rings. The molecule has 0 unspecified atom stereocenters. The number of rotatable bonds is 6. The van der Waals surface area contributed by atoms with Gasteiger partial charge in [-0.05, 0) is 64.4 Å². The summed E-state index contributed by atoms with van der Waals surface area (Å²) in [6.07, 6.45) is 3.27. The van der Waals surface area contributed by atoms with Crippen LogP contribution in [0.25, 0.3) is 0 Å². The average Bonchev–Trinajstić information content (AvgIpc) is 3.27. The fourth-order valence-corrected chi connectivity index (χ4v) is 4.48. The molecule has 2 heterocycles. The smallest absolute Gasteiger partial charge is 0.410 e. The van der Waals surface area contributed by atoms with Crippen LogP contribution in [0.5, 0.6) is 0 Å². The summed E-state index contributed by atoms with van der Waals surface area (Å²) in [7, 11) is 0. The van der Waals surface area contributed by atoms with Crippen LogP contribution in [0, 0.1) is 5.92 Å². The Morgan fingerprint density at radius 2 is 1.76 bits per heavy atom. The summed E-state index contributed by atoms with van der Waals surface area (Å²) in [6, 6.07) is 8.58. The van der Waals surface area contributed by atoms with Gasteiger partial charge in [0, 0.05) is 26.2 Å². The lowest BCUT2D eigenvalue weighted by atomic mass is 9.97. The molecule has 0 aromatic heterocycles. The first-order valence-electron chi connectivity index (χ1n) is 12.0. The van der Waals surface area contributed by atoms with E-state index in [1.165, 1.54) is 0 Å². The number of nitrogens with two attached hydrogens (primary N) is 1. The van der Waals surface area contributed by atoms with E-state index < -0.39 is 17.7 Å². The lowest BCUT2D eigenvalue weighted by Gasteiger charge is -2.34. The Morgan fingerprint density at radius 1 is 1.09 bits per heavy atom. The van der Waals surface area contributed by atoms with Crippen LogP contribution in [-0.4, -0.2) is 71.6 Å². The van der Waals surface area contributed by atoms with Crippen LogP contribution in [0.1, 0.15) is 52.0 Å². The van der Waals surface area contributed by atoms with Crippen molar-refractivity contribution >= 4 is 17.9 Å². The number of piperidine rings is 1. The highest BCUT2D eigenvalue weighted by atomic mass is 16.6. The lowest BCUT2D eigenvalue weighted by Crippen LogP contribution is -2.52. The van der Waals surface area contributed by atoms with Crippen molar-refractivity contribution in [3.8, 4) is 0 Å². The monoisotopic (exact) mass is 458 g/mol. The number of carbonyl (C=O) groups is 3. The molecule has 182 valence electrons. The topological polar surface area (TPSA) is 105 Å². The fraction of sp³-hybridized carbons (Fsp3) is 0.640. The predicted octanol–water partition coefficient (Wildman–Crippen LogP) is 2.31. The number of nitrogens with one attached hydrogen (secondary N) is 1. The number of hydrogen-bond donors (Lipinski definition) is 2. The maximum atomic E-state index is 12.9. The van der Waals surface area contributed by atoms with Gasteiger partial charge in [-0.2, -0.15) is 0 Å². The van der Waals surface area contributed by atoms with Gasteiger partial charge in [0.05, 0.1) is 6.04 Å². The third kappa shape index (κ3) is 7.19. The molecular formula is C25H38N4O4. The second-order valence-corrected chi connectivity index (χ2v) is 10.1. The van der Waals surface area contributed by atoms with Gasteiger partial charge in [0.2, 0.25) is 11.8 Å². The number of nitrogens with zero attached hydrogens (tertiary/aromatic N) is 2. The first kappa shape index (κ1) is 25.0. The highest BCUT2D eigenvalue weighted by molar-refractivity contribution is 5.90. The molecule has 2 saturated heterocycles. The fourth-order valence-electron chi connectivity index (χ4n) is 4.48. The van der Waals surface area contributed by atoms with Crippen molar-refractivity contribution in [2.75, 3.05) is 26.2 Å². The van der Waals surface area contributed by atoms with Gasteiger partial charge in [0.1, 0.15) is 11.6 Å². The first-order valence-corrected chi connectivity index (χ1v) is 12.0. The third-order valence-corrected chi connectivity index (χ3v) is 6.29. The van der Waals surface area contributed by atoms with Gasteiger partial charge in [-0.3, -0.25) is 9.59 Å².